The van der Waals surface area contributed by atoms with Crippen molar-refractivity contribution in [2.45, 2.75) is 18.4 Å². The number of ether oxygens (including phenoxy) is 2. The second-order valence-electron chi connectivity index (χ2n) is 5.26. The zero-order valence-electron chi connectivity index (χ0n) is 14.8. The molecule has 1 heterocycles. The lowest BCUT2D eigenvalue weighted by Crippen LogP contribution is -2.34. The van der Waals surface area contributed by atoms with Gasteiger partial charge in [0.25, 0.3) is 0 Å². The Morgan fingerprint density at radius 1 is 1.27 bits per heavy atom. The minimum absolute atomic E-state index is 0.00351. The summed E-state index contributed by atoms with van der Waals surface area (Å²) in [4.78, 5) is 31.4. The van der Waals surface area contributed by atoms with E-state index in [1.807, 2.05) is 30.3 Å². The van der Waals surface area contributed by atoms with Gasteiger partial charge in [-0.15, -0.1) is 23.1 Å². The van der Waals surface area contributed by atoms with Crippen LogP contribution in [0.3, 0.4) is 0 Å². The van der Waals surface area contributed by atoms with Crippen molar-refractivity contribution in [2.24, 2.45) is 0 Å². The molecule has 0 radical (unpaired) electrons. The molecule has 140 valence electrons. The van der Waals surface area contributed by atoms with E-state index in [9.17, 15) is 9.59 Å². The van der Waals surface area contributed by atoms with Crippen LogP contribution in [0.4, 0.5) is 0 Å². The van der Waals surface area contributed by atoms with Crippen LogP contribution in [0, 0.1) is 0 Å². The van der Waals surface area contributed by atoms with Crippen molar-refractivity contribution in [3.8, 4) is 0 Å². The van der Waals surface area contributed by atoms with Crippen molar-refractivity contribution in [3.63, 3.8) is 0 Å². The first-order valence-corrected chi connectivity index (χ1v) is 10.1. The van der Waals surface area contributed by atoms with Crippen LogP contribution in [0.5, 0.6) is 0 Å². The van der Waals surface area contributed by atoms with E-state index in [1.54, 1.807) is 24.3 Å². The van der Waals surface area contributed by atoms with Crippen molar-refractivity contribution in [3.05, 3.63) is 46.4 Å². The molecule has 8 heteroatoms. The number of thioether (sulfide) groups is 1. The Hall–Kier alpha value is -1.90. The van der Waals surface area contributed by atoms with E-state index in [2.05, 4.69) is 4.98 Å². The van der Waals surface area contributed by atoms with Gasteiger partial charge in [-0.2, -0.15) is 0 Å². The van der Waals surface area contributed by atoms with Crippen molar-refractivity contribution < 1.29 is 19.1 Å². The number of carbonyl (C=O) groups is 2. The molecule has 0 spiro atoms. The van der Waals surface area contributed by atoms with Gasteiger partial charge in [0.05, 0.1) is 25.5 Å². The van der Waals surface area contributed by atoms with Crippen LogP contribution in [-0.4, -0.2) is 54.4 Å². The maximum Gasteiger partial charge on any atom is 0.357 e. The molecule has 0 aliphatic rings. The third-order valence-electron chi connectivity index (χ3n) is 3.39. The fourth-order valence-electron chi connectivity index (χ4n) is 2.09. The number of hydrogen-bond donors (Lipinski definition) is 0. The third-order valence-corrected chi connectivity index (χ3v) is 5.22. The Morgan fingerprint density at radius 2 is 2.04 bits per heavy atom. The number of hydrogen-bond acceptors (Lipinski definition) is 7. The molecule has 1 aromatic carbocycles. The molecule has 0 aliphatic carbocycles. The van der Waals surface area contributed by atoms with Gasteiger partial charge in [-0.3, -0.25) is 4.79 Å². The number of benzene rings is 1. The van der Waals surface area contributed by atoms with E-state index in [1.165, 1.54) is 23.1 Å². The molecule has 2 rings (SSSR count). The zero-order valence-corrected chi connectivity index (χ0v) is 16.5. The van der Waals surface area contributed by atoms with Crippen molar-refractivity contribution in [1.82, 2.24) is 9.88 Å². The number of aromatic nitrogens is 1. The van der Waals surface area contributed by atoms with Gasteiger partial charge >= 0.3 is 5.97 Å². The number of amides is 1. The summed E-state index contributed by atoms with van der Waals surface area (Å²) in [7, 11) is 1.60. The molecular weight excluding hydrogens is 372 g/mol. The molecule has 0 aliphatic heterocycles. The molecular formula is C18H22N2O4S2. The van der Waals surface area contributed by atoms with Crippen molar-refractivity contribution in [1.29, 1.82) is 0 Å². The third kappa shape index (κ3) is 6.44. The molecule has 0 atom stereocenters. The lowest BCUT2D eigenvalue weighted by Gasteiger charge is -2.21. The van der Waals surface area contributed by atoms with Gasteiger partial charge in [0, 0.05) is 23.9 Å². The van der Waals surface area contributed by atoms with Crippen molar-refractivity contribution in [2.75, 3.05) is 32.6 Å². The highest BCUT2D eigenvalue weighted by Gasteiger charge is 2.18. The Balaban J connectivity index is 1.97. The van der Waals surface area contributed by atoms with Crippen LogP contribution in [0.15, 0.2) is 40.6 Å². The van der Waals surface area contributed by atoms with Crippen LogP contribution in [0.1, 0.15) is 22.4 Å². The Morgan fingerprint density at radius 3 is 2.73 bits per heavy atom. The summed E-state index contributed by atoms with van der Waals surface area (Å²) < 4.78 is 10.1. The summed E-state index contributed by atoms with van der Waals surface area (Å²) in [6, 6.07) is 9.79. The molecule has 0 N–H and O–H groups in total. The maximum atomic E-state index is 12.6. The van der Waals surface area contributed by atoms with E-state index in [0.717, 1.165) is 4.90 Å². The fraction of sp³-hybridized carbons (Fsp3) is 0.389. The van der Waals surface area contributed by atoms with E-state index in [0.29, 0.717) is 37.1 Å². The average molecular weight is 395 g/mol. The van der Waals surface area contributed by atoms with Crippen LogP contribution in [0.25, 0.3) is 0 Å². The molecule has 26 heavy (non-hydrogen) atoms. The molecule has 6 nitrogen and oxygen atoms in total. The van der Waals surface area contributed by atoms with Gasteiger partial charge in [0.15, 0.2) is 5.69 Å². The van der Waals surface area contributed by atoms with Gasteiger partial charge in [-0.25, -0.2) is 9.78 Å². The first-order valence-electron chi connectivity index (χ1n) is 8.20. The largest absolute Gasteiger partial charge is 0.461 e. The molecule has 0 fully saturated rings. The molecule has 0 bridgehead atoms. The van der Waals surface area contributed by atoms with Crippen LogP contribution in [-0.2, 0) is 20.8 Å². The summed E-state index contributed by atoms with van der Waals surface area (Å²) in [5.74, 6) is -0.0997. The van der Waals surface area contributed by atoms with Crippen molar-refractivity contribution >= 4 is 35.0 Å². The summed E-state index contributed by atoms with van der Waals surface area (Å²) in [5.41, 5.74) is 0.282. The predicted molar refractivity (Wildman–Crippen MR) is 103 cm³/mol. The monoisotopic (exact) mass is 394 g/mol. The molecule has 0 saturated carbocycles. The highest BCUT2D eigenvalue weighted by Crippen LogP contribution is 2.19. The summed E-state index contributed by atoms with van der Waals surface area (Å²) in [6.45, 7) is 3.32. The first kappa shape index (κ1) is 20.4. The minimum Gasteiger partial charge on any atom is -0.461 e. The molecule has 0 unspecified atom stereocenters. The Kier molecular flexibility index (Phi) is 8.60. The maximum absolute atomic E-state index is 12.6. The normalized spacial score (nSPS) is 10.5. The molecule has 1 amide bonds. The standard InChI is InChI=1S/C18H22N2O4S2/c1-3-24-18(22)15-12-26-16(19-15)11-20(9-10-23-2)17(21)13-25-14-7-5-4-6-8-14/h4-8,12H,3,9-11,13H2,1-2H3. The number of thiazole rings is 1. The van der Waals surface area contributed by atoms with Crippen LogP contribution < -0.4 is 0 Å². The average Bonchev–Trinajstić information content (AvgIpc) is 3.13. The lowest BCUT2D eigenvalue weighted by atomic mass is 10.4. The SMILES string of the molecule is CCOC(=O)c1csc(CN(CCOC)C(=O)CSc2ccccc2)n1. The topological polar surface area (TPSA) is 68.7 Å². The van der Waals surface area contributed by atoms with E-state index >= 15 is 0 Å². The highest BCUT2D eigenvalue weighted by atomic mass is 32.2. The Bertz CT molecular complexity index is 706. The molecule has 1 aromatic heterocycles. The summed E-state index contributed by atoms with van der Waals surface area (Å²) in [6.07, 6.45) is 0. The summed E-state index contributed by atoms with van der Waals surface area (Å²) >= 11 is 2.84. The van der Waals surface area contributed by atoms with E-state index in [4.69, 9.17) is 9.47 Å². The van der Waals surface area contributed by atoms with Crippen LogP contribution in [0.2, 0.25) is 0 Å². The number of methoxy groups -OCH3 is 1. The molecule has 2 aromatic rings. The first-order chi connectivity index (χ1) is 12.6. The Labute approximate surface area is 161 Å². The number of carbonyl (C=O) groups excluding carboxylic acids is 2. The minimum atomic E-state index is -0.440. The van der Waals surface area contributed by atoms with Gasteiger partial charge in [-0.05, 0) is 19.1 Å². The van der Waals surface area contributed by atoms with Gasteiger partial charge in [0.2, 0.25) is 5.91 Å². The lowest BCUT2D eigenvalue weighted by molar-refractivity contribution is -0.129. The fourth-order valence-corrected chi connectivity index (χ4v) is 3.69. The van der Waals surface area contributed by atoms with Gasteiger partial charge in [0.1, 0.15) is 5.01 Å². The predicted octanol–water partition coefficient (Wildman–Crippen LogP) is 3.09. The second kappa shape index (κ2) is 10.9. The zero-order chi connectivity index (χ0) is 18.8. The van der Waals surface area contributed by atoms with Gasteiger partial charge < -0.3 is 14.4 Å². The smallest absolute Gasteiger partial charge is 0.357 e. The molecule has 0 saturated heterocycles. The number of rotatable bonds is 10. The van der Waals surface area contributed by atoms with E-state index < -0.39 is 5.97 Å². The second-order valence-corrected chi connectivity index (χ2v) is 7.25. The summed E-state index contributed by atoms with van der Waals surface area (Å²) in [5, 5.41) is 2.35. The number of esters is 1. The highest BCUT2D eigenvalue weighted by molar-refractivity contribution is 8.00. The van der Waals surface area contributed by atoms with E-state index in [-0.39, 0.29) is 11.6 Å². The van der Waals surface area contributed by atoms with Gasteiger partial charge in [-0.1, -0.05) is 18.2 Å². The number of nitrogens with zero attached hydrogens (tertiary/aromatic N) is 2. The quantitative estimate of drug-likeness (QED) is 0.456. The van der Waals surface area contributed by atoms with Crippen LogP contribution >= 0.6 is 23.1 Å².